The molecule has 0 radical (unpaired) electrons. The maximum absolute atomic E-state index is 12.1. The molecule has 124 valence electrons. The molecule has 1 N–H and O–H groups in total. The minimum Gasteiger partial charge on any atom is -0.301 e. The van der Waals surface area contributed by atoms with Crippen LogP contribution >= 0.6 is 0 Å². The SMILES string of the molecule is CC(C)c1ccc(S(=O)(=O)NOCCN2CCCCC2)cc1. The molecule has 1 aliphatic heterocycles. The molecule has 1 heterocycles. The highest BCUT2D eigenvalue weighted by Gasteiger charge is 2.15. The van der Waals surface area contributed by atoms with Crippen molar-refractivity contribution in [2.24, 2.45) is 0 Å². The lowest BCUT2D eigenvalue weighted by Crippen LogP contribution is -2.35. The Bertz CT molecular complexity index is 549. The van der Waals surface area contributed by atoms with Gasteiger partial charge in [-0.05, 0) is 49.5 Å². The van der Waals surface area contributed by atoms with Crippen LogP contribution in [0.3, 0.4) is 0 Å². The van der Waals surface area contributed by atoms with E-state index in [0.717, 1.165) is 25.2 Å². The smallest absolute Gasteiger partial charge is 0.262 e. The second kappa shape index (κ2) is 8.06. The maximum Gasteiger partial charge on any atom is 0.262 e. The fourth-order valence-electron chi connectivity index (χ4n) is 2.56. The Kier molecular flexibility index (Phi) is 6.37. The standard InChI is InChI=1S/C16H26N2O3S/c1-14(2)15-6-8-16(9-7-15)22(19,20)17-21-13-12-18-10-4-3-5-11-18/h6-9,14,17H,3-5,10-13H2,1-2H3. The van der Waals surface area contributed by atoms with Crippen LogP contribution in [0.5, 0.6) is 0 Å². The van der Waals surface area contributed by atoms with Gasteiger partial charge in [-0.1, -0.05) is 37.3 Å². The minimum absolute atomic E-state index is 0.231. The highest BCUT2D eigenvalue weighted by molar-refractivity contribution is 7.89. The third-order valence-electron chi connectivity index (χ3n) is 3.98. The zero-order chi connectivity index (χ0) is 16.0. The van der Waals surface area contributed by atoms with Gasteiger partial charge in [-0.25, -0.2) is 8.42 Å². The van der Waals surface area contributed by atoms with Gasteiger partial charge in [0.2, 0.25) is 0 Å². The molecule has 1 saturated heterocycles. The summed E-state index contributed by atoms with van der Waals surface area (Å²) in [6.45, 7) is 7.43. The zero-order valence-corrected chi connectivity index (χ0v) is 14.2. The van der Waals surface area contributed by atoms with Crippen molar-refractivity contribution in [1.82, 2.24) is 9.79 Å². The Hall–Kier alpha value is -0.950. The van der Waals surface area contributed by atoms with E-state index in [0.29, 0.717) is 12.5 Å². The molecule has 2 rings (SSSR count). The number of nitrogens with zero attached hydrogens (tertiary/aromatic N) is 1. The molecule has 0 bridgehead atoms. The molecule has 1 aromatic rings. The van der Waals surface area contributed by atoms with Crippen LogP contribution in [0, 0.1) is 0 Å². The Morgan fingerprint density at radius 3 is 2.36 bits per heavy atom. The molecule has 22 heavy (non-hydrogen) atoms. The summed E-state index contributed by atoms with van der Waals surface area (Å²) < 4.78 is 24.2. The van der Waals surface area contributed by atoms with Crippen LogP contribution in [-0.4, -0.2) is 39.6 Å². The third-order valence-corrected chi connectivity index (χ3v) is 5.21. The predicted molar refractivity (Wildman–Crippen MR) is 87.1 cm³/mol. The number of nitrogens with one attached hydrogen (secondary N) is 1. The molecular weight excluding hydrogens is 300 g/mol. The second-order valence-corrected chi connectivity index (χ2v) is 7.71. The monoisotopic (exact) mass is 326 g/mol. The van der Waals surface area contributed by atoms with Gasteiger partial charge in [-0.15, -0.1) is 0 Å². The maximum atomic E-state index is 12.1. The van der Waals surface area contributed by atoms with E-state index in [4.69, 9.17) is 4.84 Å². The fraction of sp³-hybridized carbons (Fsp3) is 0.625. The fourth-order valence-corrected chi connectivity index (χ4v) is 3.39. The van der Waals surface area contributed by atoms with Gasteiger partial charge < -0.3 is 4.90 Å². The normalized spacial score (nSPS) is 17.0. The summed E-state index contributed by atoms with van der Waals surface area (Å²) in [4.78, 5) is 9.89. The summed E-state index contributed by atoms with van der Waals surface area (Å²) in [7, 11) is -3.60. The average Bonchev–Trinajstić information content (AvgIpc) is 2.53. The topological polar surface area (TPSA) is 58.6 Å². The summed E-state index contributed by atoms with van der Waals surface area (Å²) in [6.07, 6.45) is 3.72. The van der Waals surface area contributed by atoms with Crippen molar-refractivity contribution in [3.63, 3.8) is 0 Å². The summed E-state index contributed by atoms with van der Waals surface area (Å²) in [6, 6.07) is 6.91. The first-order valence-corrected chi connectivity index (χ1v) is 9.43. The van der Waals surface area contributed by atoms with Gasteiger partial charge in [0, 0.05) is 6.54 Å². The Morgan fingerprint density at radius 1 is 1.14 bits per heavy atom. The van der Waals surface area contributed by atoms with E-state index in [1.807, 2.05) is 12.1 Å². The second-order valence-electron chi connectivity index (χ2n) is 6.06. The van der Waals surface area contributed by atoms with Crippen molar-refractivity contribution in [3.8, 4) is 0 Å². The van der Waals surface area contributed by atoms with Crippen molar-refractivity contribution in [1.29, 1.82) is 0 Å². The summed E-state index contributed by atoms with van der Waals surface area (Å²) in [5.74, 6) is 0.380. The number of benzene rings is 1. The van der Waals surface area contributed by atoms with E-state index >= 15 is 0 Å². The first-order chi connectivity index (χ1) is 10.5. The first-order valence-electron chi connectivity index (χ1n) is 7.95. The highest BCUT2D eigenvalue weighted by atomic mass is 32.2. The van der Waals surface area contributed by atoms with E-state index in [-0.39, 0.29) is 4.90 Å². The van der Waals surface area contributed by atoms with Gasteiger partial charge in [0.1, 0.15) is 0 Å². The lowest BCUT2D eigenvalue weighted by molar-refractivity contribution is 0.0656. The van der Waals surface area contributed by atoms with Crippen LogP contribution in [-0.2, 0) is 14.9 Å². The molecule has 6 heteroatoms. The van der Waals surface area contributed by atoms with Crippen LogP contribution in [0.1, 0.15) is 44.6 Å². The molecule has 0 amide bonds. The summed E-state index contributed by atoms with van der Waals surface area (Å²) in [5.41, 5.74) is 1.12. The van der Waals surface area contributed by atoms with E-state index < -0.39 is 10.0 Å². The van der Waals surface area contributed by atoms with Crippen molar-refractivity contribution >= 4 is 10.0 Å². The molecule has 0 aromatic heterocycles. The highest BCUT2D eigenvalue weighted by Crippen LogP contribution is 2.17. The van der Waals surface area contributed by atoms with E-state index in [1.165, 1.54) is 19.3 Å². The third kappa shape index (κ3) is 5.05. The first kappa shape index (κ1) is 17.4. The molecule has 1 aromatic carbocycles. The number of likely N-dealkylation sites (tertiary alicyclic amines) is 1. The van der Waals surface area contributed by atoms with Crippen LogP contribution in [0.15, 0.2) is 29.2 Å². The molecule has 0 aliphatic carbocycles. The van der Waals surface area contributed by atoms with Crippen molar-refractivity contribution in [3.05, 3.63) is 29.8 Å². The predicted octanol–water partition coefficient (Wildman–Crippen LogP) is 2.51. The minimum atomic E-state index is -3.60. The number of rotatable bonds is 7. The van der Waals surface area contributed by atoms with Crippen molar-refractivity contribution in [2.75, 3.05) is 26.2 Å². The molecule has 0 spiro atoms. The van der Waals surface area contributed by atoms with Gasteiger partial charge in [0.15, 0.2) is 0 Å². The molecule has 1 aliphatic rings. The van der Waals surface area contributed by atoms with Crippen LogP contribution < -0.4 is 4.89 Å². The largest absolute Gasteiger partial charge is 0.301 e. The number of hydrogen-bond donors (Lipinski definition) is 1. The number of sulfonamides is 1. The lowest BCUT2D eigenvalue weighted by atomic mass is 10.0. The van der Waals surface area contributed by atoms with Gasteiger partial charge >= 0.3 is 0 Å². The molecule has 5 nitrogen and oxygen atoms in total. The number of piperidine rings is 1. The molecule has 0 saturated carbocycles. The Balaban J connectivity index is 1.80. The van der Waals surface area contributed by atoms with Gasteiger partial charge in [0.05, 0.1) is 11.5 Å². The molecule has 0 atom stereocenters. The quantitative estimate of drug-likeness (QED) is 0.618. The molecule has 0 unspecified atom stereocenters. The summed E-state index contributed by atoms with van der Waals surface area (Å²) >= 11 is 0. The van der Waals surface area contributed by atoms with E-state index in [9.17, 15) is 8.42 Å². The van der Waals surface area contributed by atoms with Crippen LogP contribution in [0.2, 0.25) is 0 Å². The van der Waals surface area contributed by atoms with Crippen LogP contribution in [0.4, 0.5) is 0 Å². The summed E-state index contributed by atoms with van der Waals surface area (Å²) in [5, 5.41) is 0. The van der Waals surface area contributed by atoms with Gasteiger partial charge in [-0.2, -0.15) is 0 Å². The lowest BCUT2D eigenvalue weighted by Gasteiger charge is -2.25. The van der Waals surface area contributed by atoms with Crippen LogP contribution in [0.25, 0.3) is 0 Å². The molecular formula is C16H26N2O3S. The Morgan fingerprint density at radius 2 is 1.77 bits per heavy atom. The van der Waals surface area contributed by atoms with Crippen molar-refractivity contribution < 1.29 is 13.3 Å². The van der Waals surface area contributed by atoms with Gasteiger partial charge in [0.25, 0.3) is 10.0 Å². The van der Waals surface area contributed by atoms with E-state index in [1.54, 1.807) is 12.1 Å². The van der Waals surface area contributed by atoms with Gasteiger partial charge in [-0.3, -0.25) is 4.84 Å². The number of hydrogen-bond acceptors (Lipinski definition) is 4. The zero-order valence-electron chi connectivity index (χ0n) is 13.4. The Labute approximate surface area is 133 Å². The van der Waals surface area contributed by atoms with E-state index in [2.05, 4.69) is 23.6 Å². The average molecular weight is 326 g/mol. The molecule has 1 fully saturated rings. The van der Waals surface area contributed by atoms with Crippen molar-refractivity contribution in [2.45, 2.75) is 43.9 Å².